The van der Waals surface area contributed by atoms with Gasteiger partial charge in [0.1, 0.15) is 11.6 Å². The van der Waals surface area contributed by atoms with Crippen LogP contribution in [0.3, 0.4) is 0 Å². The average molecular weight is 260 g/mol. The van der Waals surface area contributed by atoms with E-state index in [1.807, 2.05) is 13.1 Å². The Morgan fingerprint density at radius 1 is 1.53 bits per heavy atom. The van der Waals surface area contributed by atoms with Crippen LogP contribution in [0.15, 0.2) is 17.0 Å². The van der Waals surface area contributed by atoms with E-state index in [9.17, 15) is 4.79 Å². The van der Waals surface area contributed by atoms with E-state index < -0.39 is 0 Å². The van der Waals surface area contributed by atoms with Crippen molar-refractivity contribution in [3.8, 4) is 0 Å². The number of carbonyl (C=O) groups is 1. The molecule has 1 aliphatic heterocycles. The van der Waals surface area contributed by atoms with Gasteiger partial charge in [-0.1, -0.05) is 0 Å². The zero-order chi connectivity index (χ0) is 13.4. The molecular weight excluding hydrogens is 244 g/mol. The quantitative estimate of drug-likeness (QED) is 0.881. The first-order chi connectivity index (χ1) is 9.13. The molecule has 2 aromatic heterocycles. The lowest BCUT2D eigenvalue weighted by molar-refractivity contribution is 0.0921. The van der Waals surface area contributed by atoms with Crippen molar-refractivity contribution in [1.29, 1.82) is 0 Å². The summed E-state index contributed by atoms with van der Waals surface area (Å²) >= 11 is 0. The van der Waals surface area contributed by atoms with Crippen LogP contribution in [0.4, 0.5) is 0 Å². The van der Waals surface area contributed by atoms with Gasteiger partial charge in [-0.3, -0.25) is 4.79 Å². The van der Waals surface area contributed by atoms with Crippen molar-refractivity contribution in [3.63, 3.8) is 0 Å². The number of nitrogens with zero attached hydrogens (tertiary/aromatic N) is 3. The van der Waals surface area contributed by atoms with Crippen molar-refractivity contribution in [2.24, 2.45) is 0 Å². The van der Waals surface area contributed by atoms with E-state index in [0.717, 1.165) is 30.9 Å². The Morgan fingerprint density at radius 3 is 3.11 bits per heavy atom. The summed E-state index contributed by atoms with van der Waals surface area (Å²) in [5.41, 5.74) is 1.39. The highest BCUT2D eigenvalue weighted by atomic mass is 16.3. The fourth-order valence-electron chi connectivity index (χ4n) is 2.48. The molecule has 1 atom stereocenters. The minimum Gasteiger partial charge on any atom is -0.448 e. The van der Waals surface area contributed by atoms with Crippen LogP contribution in [0.25, 0.3) is 0 Å². The van der Waals surface area contributed by atoms with Gasteiger partial charge in [0.05, 0.1) is 5.69 Å². The maximum Gasteiger partial charge on any atom is 0.273 e. The first-order valence-corrected chi connectivity index (χ1v) is 6.37. The highest BCUT2D eigenvalue weighted by Gasteiger charge is 2.23. The molecule has 0 radical (unpaired) electrons. The van der Waals surface area contributed by atoms with Crippen molar-refractivity contribution in [3.05, 3.63) is 35.6 Å². The van der Waals surface area contributed by atoms with Crippen molar-refractivity contribution in [1.82, 2.24) is 19.9 Å². The second-order valence-corrected chi connectivity index (χ2v) is 4.92. The lowest BCUT2D eigenvalue weighted by Gasteiger charge is -2.24. The van der Waals surface area contributed by atoms with Crippen LogP contribution in [0.5, 0.6) is 0 Å². The van der Waals surface area contributed by atoms with Gasteiger partial charge in [0.2, 0.25) is 0 Å². The van der Waals surface area contributed by atoms with E-state index in [2.05, 4.69) is 19.9 Å². The smallest absolute Gasteiger partial charge is 0.273 e. The lowest BCUT2D eigenvalue weighted by atomic mass is 10.1. The van der Waals surface area contributed by atoms with Crippen LogP contribution in [0, 0.1) is 13.8 Å². The summed E-state index contributed by atoms with van der Waals surface area (Å²) in [4.78, 5) is 20.4. The van der Waals surface area contributed by atoms with Gasteiger partial charge < -0.3 is 14.3 Å². The van der Waals surface area contributed by atoms with E-state index in [0.29, 0.717) is 11.5 Å². The normalized spacial score (nSPS) is 18.1. The van der Waals surface area contributed by atoms with E-state index in [4.69, 9.17) is 4.42 Å². The monoisotopic (exact) mass is 260 g/mol. The zero-order valence-electron chi connectivity index (χ0n) is 11.0. The molecule has 0 aliphatic carbocycles. The number of aryl methyl sites for hydroxylation is 3. The standard InChI is InChI=1S/C13H16N4O2/c1-8-5-17-6-10(3-4-11(17)15-8)16-13(18)12-9(2)19-7-14-12/h5,7,10H,3-4,6H2,1-2H3,(H,16,18)/t10-/m0/s1. The topological polar surface area (TPSA) is 73.0 Å². The van der Waals surface area contributed by atoms with Gasteiger partial charge in [-0.2, -0.15) is 0 Å². The Hall–Kier alpha value is -2.11. The number of oxazole rings is 1. The second kappa shape index (κ2) is 4.53. The van der Waals surface area contributed by atoms with Crippen molar-refractivity contribution < 1.29 is 9.21 Å². The number of aromatic nitrogens is 3. The molecule has 1 N–H and O–H groups in total. The zero-order valence-corrected chi connectivity index (χ0v) is 11.0. The van der Waals surface area contributed by atoms with Crippen LogP contribution < -0.4 is 5.32 Å². The fraction of sp³-hybridized carbons (Fsp3) is 0.462. The summed E-state index contributed by atoms with van der Waals surface area (Å²) in [6.07, 6.45) is 5.10. The number of hydrogen-bond acceptors (Lipinski definition) is 4. The van der Waals surface area contributed by atoms with Crippen molar-refractivity contribution in [2.75, 3.05) is 0 Å². The Balaban J connectivity index is 1.69. The molecule has 0 bridgehead atoms. The van der Waals surface area contributed by atoms with Gasteiger partial charge in [0.15, 0.2) is 12.1 Å². The molecule has 2 aromatic rings. The lowest BCUT2D eigenvalue weighted by Crippen LogP contribution is -2.41. The summed E-state index contributed by atoms with van der Waals surface area (Å²) < 4.78 is 7.16. The average Bonchev–Trinajstić information content (AvgIpc) is 2.93. The third kappa shape index (κ3) is 2.25. The minimum absolute atomic E-state index is 0.115. The SMILES string of the molecule is Cc1cn2c(n1)CC[C@H](NC(=O)c1ncoc1C)C2. The largest absolute Gasteiger partial charge is 0.448 e. The minimum atomic E-state index is -0.170. The fourth-order valence-corrected chi connectivity index (χ4v) is 2.48. The molecule has 19 heavy (non-hydrogen) atoms. The van der Waals surface area contributed by atoms with Crippen LogP contribution >= 0.6 is 0 Å². The summed E-state index contributed by atoms with van der Waals surface area (Å²) in [6, 6.07) is 0.115. The number of amides is 1. The van der Waals surface area contributed by atoms with Gasteiger partial charge in [-0.05, 0) is 20.3 Å². The Bertz CT molecular complexity index is 614. The molecule has 3 heterocycles. The first kappa shape index (κ1) is 12.0. The predicted octanol–water partition coefficient (Wildman–Crippen LogP) is 1.23. The Labute approximate surface area is 110 Å². The number of carbonyl (C=O) groups excluding carboxylic acids is 1. The second-order valence-electron chi connectivity index (χ2n) is 4.92. The van der Waals surface area contributed by atoms with Gasteiger partial charge in [0.25, 0.3) is 5.91 Å². The van der Waals surface area contributed by atoms with Crippen LogP contribution in [-0.2, 0) is 13.0 Å². The van der Waals surface area contributed by atoms with Crippen molar-refractivity contribution in [2.45, 2.75) is 39.3 Å². The van der Waals surface area contributed by atoms with Gasteiger partial charge in [-0.15, -0.1) is 0 Å². The summed E-state index contributed by atoms with van der Waals surface area (Å²) in [5.74, 6) is 1.48. The van der Waals surface area contributed by atoms with Crippen LogP contribution in [-0.4, -0.2) is 26.5 Å². The molecule has 100 valence electrons. The highest BCUT2D eigenvalue weighted by molar-refractivity contribution is 5.93. The van der Waals surface area contributed by atoms with Crippen molar-refractivity contribution >= 4 is 5.91 Å². The van der Waals surface area contributed by atoms with E-state index in [-0.39, 0.29) is 11.9 Å². The first-order valence-electron chi connectivity index (χ1n) is 6.37. The predicted molar refractivity (Wildman–Crippen MR) is 67.8 cm³/mol. The molecule has 0 saturated carbocycles. The molecule has 6 nitrogen and oxygen atoms in total. The van der Waals surface area contributed by atoms with E-state index in [1.54, 1.807) is 6.92 Å². The summed E-state index contributed by atoms with van der Waals surface area (Å²) in [5, 5.41) is 3.00. The molecule has 0 aromatic carbocycles. The summed E-state index contributed by atoms with van der Waals surface area (Å²) in [7, 11) is 0. The maximum atomic E-state index is 12.1. The Kier molecular flexibility index (Phi) is 2.85. The maximum absolute atomic E-state index is 12.1. The molecule has 0 fully saturated rings. The number of fused-ring (bicyclic) bond motifs is 1. The number of hydrogen-bond donors (Lipinski definition) is 1. The van der Waals surface area contributed by atoms with Gasteiger partial charge in [0, 0.05) is 25.2 Å². The molecule has 0 unspecified atom stereocenters. The molecular formula is C13H16N4O2. The van der Waals surface area contributed by atoms with E-state index in [1.165, 1.54) is 6.39 Å². The third-order valence-electron chi connectivity index (χ3n) is 3.41. The summed E-state index contributed by atoms with van der Waals surface area (Å²) in [6.45, 7) is 4.48. The highest BCUT2D eigenvalue weighted by Crippen LogP contribution is 2.15. The molecule has 3 rings (SSSR count). The van der Waals surface area contributed by atoms with Gasteiger partial charge >= 0.3 is 0 Å². The number of rotatable bonds is 2. The molecule has 0 saturated heterocycles. The van der Waals surface area contributed by atoms with Gasteiger partial charge in [-0.25, -0.2) is 9.97 Å². The Morgan fingerprint density at radius 2 is 2.37 bits per heavy atom. The number of nitrogens with one attached hydrogen (secondary N) is 1. The number of imidazole rings is 1. The van der Waals surface area contributed by atoms with Crippen LogP contribution in [0.2, 0.25) is 0 Å². The van der Waals surface area contributed by atoms with E-state index >= 15 is 0 Å². The molecule has 0 spiro atoms. The third-order valence-corrected chi connectivity index (χ3v) is 3.41. The molecule has 6 heteroatoms. The molecule has 1 aliphatic rings. The van der Waals surface area contributed by atoms with Crippen LogP contribution in [0.1, 0.15) is 34.2 Å². The molecule has 1 amide bonds.